The normalized spacial score (nSPS) is 19.3. The average molecular weight is 328 g/mol. The molecule has 1 nitrogen and oxygen atoms in total. The van der Waals surface area contributed by atoms with Crippen molar-refractivity contribution in [2.45, 2.75) is 43.4 Å². The SMILES string of the molecule is CCC(NCC1(SC)CCC1)c1ccc(Br)cc1. The summed E-state index contributed by atoms with van der Waals surface area (Å²) >= 11 is 5.53. The van der Waals surface area contributed by atoms with Gasteiger partial charge in [-0.1, -0.05) is 41.4 Å². The molecule has 1 fully saturated rings. The van der Waals surface area contributed by atoms with Crippen molar-refractivity contribution in [1.29, 1.82) is 0 Å². The van der Waals surface area contributed by atoms with E-state index in [9.17, 15) is 0 Å². The lowest BCUT2D eigenvalue weighted by Crippen LogP contribution is -2.44. The molecule has 0 aliphatic heterocycles. The van der Waals surface area contributed by atoms with Crippen LogP contribution in [-0.4, -0.2) is 17.5 Å². The summed E-state index contributed by atoms with van der Waals surface area (Å²) in [6, 6.07) is 9.19. The molecule has 1 N–H and O–H groups in total. The number of nitrogens with one attached hydrogen (secondary N) is 1. The lowest BCUT2D eigenvalue weighted by molar-refractivity contribution is 0.328. The van der Waals surface area contributed by atoms with E-state index in [-0.39, 0.29) is 0 Å². The molecule has 1 aromatic carbocycles. The third-order valence-corrected chi connectivity index (χ3v) is 6.00. The van der Waals surface area contributed by atoms with Crippen LogP contribution in [0.3, 0.4) is 0 Å². The Hall–Kier alpha value is 0.01000. The van der Waals surface area contributed by atoms with Gasteiger partial charge in [-0.15, -0.1) is 0 Å². The molecule has 0 bridgehead atoms. The molecule has 1 saturated carbocycles. The number of halogens is 1. The minimum atomic E-state index is 0.489. The highest BCUT2D eigenvalue weighted by Gasteiger charge is 2.36. The largest absolute Gasteiger partial charge is 0.309 e. The van der Waals surface area contributed by atoms with Gasteiger partial charge in [0.1, 0.15) is 0 Å². The van der Waals surface area contributed by atoms with Crippen LogP contribution >= 0.6 is 27.7 Å². The van der Waals surface area contributed by atoms with Gasteiger partial charge in [0, 0.05) is 21.8 Å². The van der Waals surface area contributed by atoms with Crippen molar-refractivity contribution in [2.24, 2.45) is 0 Å². The Balaban J connectivity index is 1.95. The fourth-order valence-corrected chi connectivity index (χ4v) is 3.72. The molecule has 0 spiro atoms. The molecule has 18 heavy (non-hydrogen) atoms. The minimum absolute atomic E-state index is 0.489. The maximum Gasteiger partial charge on any atom is 0.0318 e. The third-order valence-electron chi connectivity index (χ3n) is 4.05. The maximum absolute atomic E-state index is 3.76. The molecular weight excluding hydrogens is 306 g/mol. The standard InChI is InChI=1S/C15H22BrNS/c1-3-14(12-5-7-13(16)8-6-12)17-11-15(18-2)9-4-10-15/h5-8,14,17H,3-4,9-11H2,1-2H3. The summed E-state index contributed by atoms with van der Waals surface area (Å²) in [7, 11) is 0. The molecule has 0 aromatic heterocycles. The van der Waals surface area contributed by atoms with E-state index in [2.05, 4.69) is 58.7 Å². The van der Waals surface area contributed by atoms with E-state index in [4.69, 9.17) is 0 Å². The van der Waals surface area contributed by atoms with Crippen LogP contribution < -0.4 is 5.32 Å². The lowest BCUT2D eigenvalue weighted by atomic mass is 9.84. The van der Waals surface area contributed by atoms with E-state index in [0.717, 1.165) is 17.4 Å². The Morgan fingerprint density at radius 3 is 2.44 bits per heavy atom. The van der Waals surface area contributed by atoms with E-state index >= 15 is 0 Å². The number of hydrogen-bond donors (Lipinski definition) is 1. The van der Waals surface area contributed by atoms with Crippen molar-refractivity contribution in [2.75, 3.05) is 12.8 Å². The lowest BCUT2D eigenvalue weighted by Gasteiger charge is -2.41. The summed E-state index contributed by atoms with van der Waals surface area (Å²) in [5.74, 6) is 0. The monoisotopic (exact) mass is 327 g/mol. The highest BCUT2D eigenvalue weighted by molar-refractivity contribution is 9.10. The smallest absolute Gasteiger partial charge is 0.0318 e. The van der Waals surface area contributed by atoms with Crippen molar-refractivity contribution in [3.8, 4) is 0 Å². The molecule has 0 radical (unpaired) electrons. The summed E-state index contributed by atoms with van der Waals surface area (Å²) in [5.41, 5.74) is 1.40. The van der Waals surface area contributed by atoms with Crippen LogP contribution in [0.15, 0.2) is 28.7 Å². The summed E-state index contributed by atoms with van der Waals surface area (Å²) in [6.45, 7) is 3.40. The fourth-order valence-electron chi connectivity index (χ4n) is 2.53. The van der Waals surface area contributed by atoms with Crippen molar-refractivity contribution >= 4 is 27.7 Å². The van der Waals surface area contributed by atoms with Crippen molar-refractivity contribution in [3.63, 3.8) is 0 Å². The van der Waals surface area contributed by atoms with Gasteiger partial charge in [0.05, 0.1) is 0 Å². The predicted octanol–water partition coefficient (Wildman–Crippen LogP) is 4.78. The zero-order valence-electron chi connectivity index (χ0n) is 11.2. The highest BCUT2D eigenvalue weighted by atomic mass is 79.9. The van der Waals surface area contributed by atoms with Gasteiger partial charge in [-0.25, -0.2) is 0 Å². The first-order valence-corrected chi connectivity index (χ1v) is 8.75. The molecule has 2 rings (SSSR count). The first kappa shape index (κ1) is 14.4. The van der Waals surface area contributed by atoms with Gasteiger partial charge in [0.25, 0.3) is 0 Å². The molecule has 100 valence electrons. The molecule has 3 heteroatoms. The van der Waals surface area contributed by atoms with Crippen LogP contribution in [-0.2, 0) is 0 Å². The van der Waals surface area contributed by atoms with E-state index in [1.54, 1.807) is 0 Å². The molecule has 1 unspecified atom stereocenters. The number of rotatable bonds is 6. The van der Waals surface area contributed by atoms with Crippen LogP contribution in [0.1, 0.15) is 44.2 Å². The Morgan fingerprint density at radius 2 is 2.00 bits per heavy atom. The second kappa shape index (κ2) is 6.44. The van der Waals surface area contributed by atoms with Gasteiger partial charge in [0.2, 0.25) is 0 Å². The number of hydrogen-bond acceptors (Lipinski definition) is 2. The van der Waals surface area contributed by atoms with Crippen LogP contribution in [0.4, 0.5) is 0 Å². The zero-order chi connectivity index (χ0) is 13.0. The summed E-state index contributed by atoms with van der Waals surface area (Å²) in [6.07, 6.45) is 7.54. The average Bonchev–Trinajstić information content (AvgIpc) is 2.35. The summed E-state index contributed by atoms with van der Waals surface area (Å²) in [4.78, 5) is 0. The van der Waals surface area contributed by atoms with E-state index in [1.165, 1.54) is 24.8 Å². The van der Waals surface area contributed by atoms with Crippen molar-refractivity contribution in [3.05, 3.63) is 34.3 Å². The second-order valence-corrected chi connectivity index (χ2v) is 7.32. The molecule has 1 aliphatic rings. The Morgan fingerprint density at radius 1 is 1.33 bits per heavy atom. The number of thioether (sulfide) groups is 1. The quantitative estimate of drug-likeness (QED) is 0.807. The van der Waals surface area contributed by atoms with E-state index in [0.29, 0.717) is 10.8 Å². The Labute approximate surface area is 123 Å². The molecule has 1 aliphatic carbocycles. The van der Waals surface area contributed by atoms with Crippen molar-refractivity contribution in [1.82, 2.24) is 5.32 Å². The molecular formula is C15H22BrNS. The first-order chi connectivity index (χ1) is 8.69. The zero-order valence-corrected chi connectivity index (χ0v) is 13.6. The van der Waals surface area contributed by atoms with Crippen LogP contribution in [0.5, 0.6) is 0 Å². The molecule has 1 atom stereocenters. The van der Waals surface area contributed by atoms with E-state index < -0.39 is 0 Å². The predicted molar refractivity (Wildman–Crippen MR) is 85.3 cm³/mol. The molecule has 1 aromatic rings. The van der Waals surface area contributed by atoms with Crippen LogP contribution in [0.2, 0.25) is 0 Å². The van der Waals surface area contributed by atoms with Gasteiger partial charge >= 0.3 is 0 Å². The molecule has 0 heterocycles. The minimum Gasteiger partial charge on any atom is -0.309 e. The highest BCUT2D eigenvalue weighted by Crippen LogP contribution is 2.42. The maximum atomic E-state index is 3.76. The van der Waals surface area contributed by atoms with Crippen molar-refractivity contribution < 1.29 is 0 Å². The first-order valence-electron chi connectivity index (χ1n) is 6.73. The van der Waals surface area contributed by atoms with Gasteiger partial charge in [-0.3, -0.25) is 0 Å². The summed E-state index contributed by atoms with van der Waals surface area (Å²) < 4.78 is 1.67. The number of benzene rings is 1. The Kier molecular flexibility index (Phi) is 5.16. The molecule has 0 saturated heterocycles. The fraction of sp³-hybridized carbons (Fsp3) is 0.600. The van der Waals surface area contributed by atoms with Gasteiger partial charge in [0.15, 0.2) is 0 Å². The van der Waals surface area contributed by atoms with Gasteiger partial charge in [-0.2, -0.15) is 11.8 Å². The third kappa shape index (κ3) is 3.31. The van der Waals surface area contributed by atoms with Gasteiger partial charge < -0.3 is 5.32 Å². The molecule has 0 amide bonds. The van der Waals surface area contributed by atoms with E-state index in [1.807, 2.05) is 11.8 Å². The van der Waals surface area contributed by atoms with Crippen LogP contribution in [0, 0.1) is 0 Å². The topological polar surface area (TPSA) is 12.0 Å². The van der Waals surface area contributed by atoms with Crippen LogP contribution in [0.25, 0.3) is 0 Å². The van der Waals surface area contributed by atoms with Gasteiger partial charge in [-0.05, 0) is 43.2 Å². The second-order valence-electron chi connectivity index (χ2n) is 5.13. The Bertz CT molecular complexity index is 367. The summed E-state index contributed by atoms with van der Waals surface area (Å²) in [5, 5.41) is 3.76.